The molecule has 0 saturated carbocycles. The number of carbonyl (C=O) groups is 1. The predicted octanol–water partition coefficient (Wildman–Crippen LogP) is 1.70. The Morgan fingerprint density at radius 3 is 2.83 bits per heavy atom. The molecule has 2 N–H and O–H groups in total. The first-order valence-electron chi connectivity index (χ1n) is 5.84. The second-order valence-corrected chi connectivity index (χ2v) is 4.11. The Morgan fingerprint density at radius 2 is 2.22 bits per heavy atom. The summed E-state index contributed by atoms with van der Waals surface area (Å²) in [4.78, 5) is 11.7. The summed E-state index contributed by atoms with van der Waals surface area (Å²) in [7, 11) is 1.58. The molecule has 0 aliphatic rings. The number of aryl methyl sites for hydroxylation is 1. The number of benzene rings is 1. The van der Waals surface area contributed by atoms with Gasteiger partial charge in [0.25, 0.3) is 0 Å². The standard InChI is InChI=1S/C13H19FN2O2/c1-9-8-11(14)4-5-12(9)16-10(2)13(17)15-6-7-18-3/h4-5,8,10,16H,6-7H2,1-3H3,(H,15,17). The first kappa shape index (κ1) is 14.4. The van der Waals surface area contributed by atoms with E-state index in [1.54, 1.807) is 27.0 Å². The summed E-state index contributed by atoms with van der Waals surface area (Å²) in [5.74, 6) is -0.397. The zero-order valence-electron chi connectivity index (χ0n) is 10.9. The van der Waals surface area contributed by atoms with Crippen molar-refractivity contribution in [2.24, 2.45) is 0 Å². The van der Waals surface area contributed by atoms with E-state index < -0.39 is 0 Å². The highest BCUT2D eigenvalue weighted by Gasteiger charge is 2.12. The Kier molecular flexibility index (Phi) is 5.58. The molecule has 0 heterocycles. The van der Waals surface area contributed by atoms with E-state index >= 15 is 0 Å². The lowest BCUT2D eigenvalue weighted by Crippen LogP contribution is -2.39. The number of ether oxygens (including phenoxy) is 1. The third kappa shape index (κ3) is 4.33. The van der Waals surface area contributed by atoms with Crippen LogP contribution in [-0.2, 0) is 9.53 Å². The van der Waals surface area contributed by atoms with Crippen molar-refractivity contribution in [2.45, 2.75) is 19.9 Å². The first-order valence-corrected chi connectivity index (χ1v) is 5.84. The molecule has 0 aromatic heterocycles. The largest absolute Gasteiger partial charge is 0.383 e. The van der Waals surface area contributed by atoms with Crippen molar-refractivity contribution in [3.63, 3.8) is 0 Å². The normalized spacial score (nSPS) is 12.0. The van der Waals surface area contributed by atoms with Crippen molar-refractivity contribution >= 4 is 11.6 Å². The Hall–Kier alpha value is -1.62. The van der Waals surface area contributed by atoms with Gasteiger partial charge in [-0.1, -0.05) is 0 Å². The van der Waals surface area contributed by atoms with Crippen LogP contribution in [0.15, 0.2) is 18.2 Å². The van der Waals surface area contributed by atoms with Crippen LogP contribution in [-0.4, -0.2) is 32.2 Å². The van der Waals surface area contributed by atoms with E-state index in [0.717, 1.165) is 11.3 Å². The van der Waals surface area contributed by atoms with E-state index in [2.05, 4.69) is 10.6 Å². The average Bonchev–Trinajstić information content (AvgIpc) is 2.32. The third-order valence-corrected chi connectivity index (χ3v) is 2.56. The molecule has 100 valence electrons. The van der Waals surface area contributed by atoms with Crippen LogP contribution in [0.25, 0.3) is 0 Å². The second-order valence-electron chi connectivity index (χ2n) is 4.11. The molecule has 0 radical (unpaired) electrons. The molecule has 18 heavy (non-hydrogen) atoms. The maximum Gasteiger partial charge on any atom is 0.242 e. The molecule has 1 unspecified atom stereocenters. The van der Waals surface area contributed by atoms with Crippen molar-refractivity contribution in [3.05, 3.63) is 29.6 Å². The Labute approximate surface area is 107 Å². The molecule has 0 saturated heterocycles. The summed E-state index contributed by atoms with van der Waals surface area (Å²) >= 11 is 0. The number of anilines is 1. The van der Waals surface area contributed by atoms with Crippen LogP contribution in [0.1, 0.15) is 12.5 Å². The van der Waals surface area contributed by atoms with Crippen LogP contribution in [0, 0.1) is 12.7 Å². The highest BCUT2D eigenvalue weighted by Crippen LogP contribution is 2.16. The minimum atomic E-state index is -0.383. The molecule has 4 nitrogen and oxygen atoms in total. The number of methoxy groups -OCH3 is 1. The fraction of sp³-hybridized carbons (Fsp3) is 0.462. The quantitative estimate of drug-likeness (QED) is 0.760. The molecule has 0 spiro atoms. The number of halogens is 1. The predicted molar refractivity (Wildman–Crippen MR) is 69.1 cm³/mol. The number of carbonyl (C=O) groups excluding carboxylic acids is 1. The molecule has 1 aromatic carbocycles. The van der Waals surface area contributed by atoms with Gasteiger partial charge in [-0.15, -0.1) is 0 Å². The lowest BCUT2D eigenvalue weighted by atomic mass is 10.1. The maximum absolute atomic E-state index is 12.9. The van der Waals surface area contributed by atoms with Gasteiger partial charge in [-0.05, 0) is 37.6 Å². The first-order chi connectivity index (χ1) is 8.54. The van der Waals surface area contributed by atoms with Crippen LogP contribution in [0.4, 0.5) is 10.1 Å². The molecule has 1 atom stereocenters. The molecule has 0 aliphatic carbocycles. The second kappa shape index (κ2) is 6.96. The minimum Gasteiger partial charge on any atom is -0.383 e. The molecule has 1 aromatic rings. The summed E-state index contributed by atoms with van der Waals surface area (Å²) in [5, 5.41) is 5.78. The lowest BCUT2D eigenvalue weighted by molar-refractivity contribution is -0.121. The number of hydrogen-bond acceptors (Lipinski definition) is 3. The topological polar surface area (TPSA) is 50.4 Å². The summed E-state index contributed by atoms with van der Waals surface area (Å²) in [6.07, 6.45) is 0. The molecule has 0 bridgehead atoms. The number of rotatable bonds is 6. The van der Waals surface area contributed by atoms with Crippen molar-refractivity contribution in [1.82, 2.24) is 5.32 Å². The molecular formula is C13H19FN2O2. The SMILES string of the molecule is COCCNC(=O)C(C)Nc1ccc(F)cc1C. The zero-order chi connectivity index (χ0) is 13.5. The van der Waals surface area contributed by atoms with E-state index in [4.69, 9.17) is 4.74 Å². The molecular weight excluding hydrogens is 235 g/mol. The van der Waals surface area contributed by atoms with Crippen LogP contribution >= 0.6 is 0 Å². The fourth-order valence-corrected chi connectivity index (χ4v) is 1.52. The van der Waals surface area contributed by atoms with Crippen molar-refractivity contribution in [3.8, 4) is 0 Å². The van der Waals surface area contributed by atoms with Gasteiger partial charge in [-0.3, -0.25) is 4.79 Å². The van der Waals surface area contributed by atoms with Crippen LogP contribution in [0.3, 0.4) is 0 Å². The molecule has 1 amide bonds. The Balaban J connectivity index is 2.53. The van der Waals surface area contributed by atoms with Gasteiger partial charge in [0, 0.05) is 19.3 Å². The molecule has 0 aliphatic heterocycles. The van der Waals surface area contributed by atoms with Crippen molar-refractivity contribution in [1.29, 1.82) is 0 Å². The van der Waals surface area contributed by atoms with Gasteiger partial charge >= 0.3 is 0 Å². The number of nitrogens with one attached hydrogen (secondary N) is 2. The molecule has 1 rings (SSSR count). The van der Waals surface area contributed by atoms with E-state index in [-0.39, 0.29) is 17.8 Å². The van der Waals surface area contributed by atoms with Gasteiger partial charge in [0.1, 0.15) is 11.9 Å². The van der Waals surface area contributed by atoms with Gasteiger partial charge in [0.05, 0.1) is 6.61 Å². The van der Waals surface area contributed by atoms with Crippen LogP contribution < -0.4 is 10.6 Å². The van der Waals surface area contributed by atoms with Crippen LogP contribution in [0.5, 0.6) is 0 Å². The highest BCUT2D eigenvalue weighted by atomic mass is 19.1. The summed E-state index contributed by atoms with van der Waals surface area (Å²) in [5.41, 5.74) is 1.53. The average molecular weight is 254 g/mol. The summed E-state index contributed by atoms with van der Waals surface area (Å²) < 4.78 is 17.8. The summed E-state index contributed by atoms with van der Waals surface area (Å²) in [6.45, 7) is 4.50. The van der Waals surface area contributed by atoms with Crippen LogP contribution in [0.2, 0.25) is 0 Å². The fourth-order valence-electron chi connectivity index (χ4n) is 1.52. The maximum atomic E-state index is 12.9. The van der Waals surface area contributed by atoms with Gasteiger partial charge in [-0.2, -0.15) is 0 Å². The minimum absolute atomic E-state index is 0.115. The highest BCUT2D eigenvalue weighted by molar-refractivity contribution is 5.84. The van der Waals surface area contributed by atoms with Crippen molar-refractivity contribution in [2.75, 3.05) is 25.6 Å². The van der Waals surface area contributed by atoms with E-state index in [0.29, 0.717) is 13.2 Å². The van der Waals surface area contributed by atoms with Crippen molar-refractivity contribution < 1.29 is 13.9 Å². The zero-order valence-corrected chi connectivity index (χ0v) is 10.9. The number of hydrogen-bond donors (Lipinski definition) is 2. The molecule has 5 heteroatoms. The molecule has 0 fully saturated rings. The van der Waals surface area contributed by atoms with Gasteiger partial charge in [-0.25, -0.2) is 4.39 Å². The monoisotopic (exact) mass is 254 g/mol. The smallest absolute Gasteiger partial charge is 0.242 e. The third-order valence-electron chi connectivity index (χ3n) is 2.56. The Morgan fingerprint density at radius 1 is 1.50 bits per heavy atom. The van der Waals surface area contributed by atoms with Gasteiger partial charge < -0.3 is 15.4 Å². The van der Waals surface area contributed by atoms with E-state index in [1.807, 2.05) is 0 Å². The summed E-state index contributed by atoms with van der Waals surface area (Å²) in [6, 6.07) is 4.04. The van der Waals surface area contributed by atoms with E-state index in [1.165, 1.54) is 12.1 Å². The van der Waals surface area contributed by atoms with Gasteiger partial charge in [0.15, 0.2) is 0 Å². The Bertz CT molecular complexity index is 410. The number of amides is 1. The lowest BCUT2D eigenvalue weighted by Gasteiger charge is -2.16. The van der Waals surface area contributed by atoms with E-state index in [9.17, 15) is 9.18 Å². The van der Waals surface area contributed by atoms with Gasteiger partial charge in [0.2, 0.25) is 5.91 Å².